The molecule has 0 radical (unpaired) electrons. The zero-order valence-electron chi connectivity index (χ0n) is 15.0. The Kier molecular flexibility index (Phi) is 3.74. The molecular formula is C19H21NO5. The van der Waals surface area contributed by atoms with E-state index in [0.717, 1.165) is 0 Å². The van der Waals surface area contributed by atoms with E-state index in [1.54, 1.807) is 63.5 Å². The van der Waals surface area contributed by atoms with Crippen LogP contribution in [0.25, 0.3) is 10.9 Å². The number of esters is 2. The Morgan fingerprint density at radius 1 is 1.28 bits per heavy atom. The van der Waals surface area contributed by atoms with Crippen LogP contribution in [0.15, 0.2) is 24.3 Å². The van der Waals surface area contributed by atoms with Crippen LogP contribution in [-0.2, 0) is 14.3 Å². The van der Waals surface area contributed by atoms with Gasteiger partial charge in [0.25, 0.3) is 0 Å². The maximum Gasteiger partial charge on any atom is 0.356 e. The first-order valence-electron chi connectivity index (χ1n) is 8.11. The Bertz CT molecular complexity index is 885. The first-order chi connectivity index (χ1) is 11.6. The summed E-state index contributed by atoms with van der Waals surface area (Å²) in [6.45, 7) is 8.66. The molecule has 0 bridgehead atoms. The molecule has 1 aromatic heterocycles. The molecule has 1 aliphatic rings. The summed E-state index contributed by atoms with van der Waals surface area (Å²) in [4.78, 5) is 37.1. The number of fused-ring (bicyclic) bond motifs is 3. The van der Waals surface area contributed by atoms with Crippen LogP contribution in [0.1, 0.15) is 61.5 Å². The van der Waals surface area contributed by atoms with Crippen molar-refractivity contribution in [2.24, 2.45) is 0 Å². The second-order valence-corrected chi connectivity index (χ2v) is 7.70. The molecule has 132 valence electrons. The van der Waals surface area contributed by atoms with Crippen LogP contribution >= 0.6 is 0 Å². The van der Waals surface area contributed by atoms with Crippen molar-refractivity contribution in [1.29, 1.82) is 0 Å². The summed E-state index contributed by atoms with van der Waals surface area (Å²) in [7, 11) is 0. The predicted molar refractivity (Wildman–Crippen MR) is 91.7 cm³/mol. The number of para-hydroxylation sites is 1. The smallest absolute Gasteiger partial charge is 0.356 e. The van der Waals surface area contributed by atoms with E-state index >= 15 is 0 Å². The standard InChI is InChI=1S/C19H21NO5/c1-18(2,3)24-17(23)15-19(4,5)25-16(22)14-12(10-21)11-8-6-7-9-13(11)20(14)15/h6-10,15H,1-5H3. The van der Waals surface area contributed by atoms with Crippen molar-refractivity contribution < 1.29 is 23.9 Å². The second-order valence-electron chi connectivity index (χ2n) is 7.70. The largest absolute Gasteiger partial charge is 0.458 e. The summed E-state index contributed by atoms with van der Waals surface area (Å²) >= 11 is 0. The molecule has 2 aromatic rings. The highest BCUT2D eigenvalue weighted by Crippen LogP contribution is 2.40. The Labute approximate surface area is 145 Å². The van der Waals surface area contributed by atoms with Crippen LogP contribution in [0.2, 0.25) is 0 Å². The van der Waals surface area contributed by atoms with Crippen LogP contribution in [-0.4, -0.2) is 34.0 Å². The molecule has 1 unspecified atom stereocenters. The SMILES string of the molecule is CC(C)(C)OC(=O)C1n2c(c(C=O)c3ccccc32)C(=O)OC1(C)C. The van der Waals surface area contributed by atoms with Crippen molar-refractivity contribution >= 4 is 29.1 Å². The number of benzene rings is 1. The number of ether oxygens (including phenoxy) is 2. The van der Waals surface area contributed by atoms with Gasteiger partial charge in [0.2, 0.25) is 0 Å². The third kappa shape index (κ3) is 2.71. The zero-order valence-corrected chi connectivity index (χ0v) is 15.0. The molecule has 3 rings (SSSR count). The second kappa shape index (κ2) is 5.44. The lowest BCUT2D eigenvalue weighted by Gasteiger charge is -2.39. The van der Waals surface area contributed by atoms with Gasteiger partial charge in [-0.2, -0.15) is 0 Å². The average molecular weight is 343 g/mol. The molecule has 1 aromatic carbocycles. The van der Waals surface area contributed by atoms with Crippen LogP contribution in [0.5, 0.6) is 0 Å². The molecule has 1 atom stereocenters. The molecule has 25 heavy (non-hydrogen) atoms. The highest BCUT2D eigenvalue weighted by atomic mass is 16.6. The lowest BCUT2D eigenvalue weighted by atomic mass is 9.95. The fraction of sp³-hybridized carbons (Fsp3) is 0.421. The molecule has 2 heterocycles. The summed E-state index contributed by atoms with van der Waals surface area (Å²) in [5.41, 5.74) is -0.865. The minimum Gasteiger partial charge on any atom is -0.458 e. The van der Waals surface area contributed by atoms with Crippen LogP contribution < -0.4 is 0 Å². The Morgan fingerprint density at radius 3 is 2.52 bits per heavy atom. The van der Waals surface area contributed by atoms with Crippen molar-refractivity contribution in [2.45, 2.75) is 51.9 Å². The molecule has 0 fully saturated rings. The normalized spacial score (nSPS) is 19.2. The monoisotopic (exact) mass is 343 g/mol. The molecule has 0 saturated heterocycles. The lowest BCUT2D eigenvalue weighted by molar-refractivity contribution is -0.167. The average Bonchev–Trinajstić information content (AvgIpc) is 2.79. The zero-order chi connectivity index (χ0) is 18.6. The summed E-state index contributed by atoms with van der Waals surface area (Å²) in [6.07, 6.45) is 0.625. The number of nitrogens with zero attached hydrogens (tertiary/aromatic N) is 1. The van der Waals surface area contributed by atoms with Gasteiger partial charge >= 0.3 is 11.9 Å². The molecule has 0 amide bonds. The van der Waals surface area contributed by atoms with E-state index in [0.29, 0.717) is 17.2 Å². The fourth-order valence-corrected chi connectivity index (χ4v) is 3.29. The van der Waals surface area contributed by atoms with Gasteiger partial charge in [-0.3, -0.25) is 4.79 Å². The maximum absolute atomic E-state index is 12.9. The molecular weight excluding hydrogens is 322 g/mol. The number of carbonyl (C=O) groups excluding carboxylic acids is 3. The molecule has 6 heteroatoms. The van der Waals surface area contributed by atoms with Gasteiger partial charge in [0.15, 0.2) is 12.3 Å². The third-order valence-electron chi connectivity index (χ3n) is 4.16. The summed E-state index contributed by atoms with van der Waals surface area (Å²) in [5.74, 6) is -1.13. The molecule has 0 aliphatic carbocycles. The van der Waals surface area contributed by atoms with Crippen LogP contribution in [0, 0.1) is 0 Å². The third-order valence-corrected chi connectivity index (χ3v) is 4.16. The van der Waals surface area contributed by atoms with Gasteiger partial charge in [0, 0.05) is 5.39 Å². The van der Waals surface area contributed by atoms with E-state index in [1.165, 1.54) is 0 Å². The highest BCUT2D eigenvalue weighted by molar-refractivity contribution is 6.10. The minimum atomic E-state index is -1.12. The van der Waals surface area contributed by atoms with Crippen molar-refractivity contribution in [3.05, 3.63) is 35.5 Å². The van der Waals surface area contributed by atoms with E-state index in [1.807, 2.05) is 0 Å². The number of cyclic esters (lactones) is 1. The maximum atomic E-state index is 12.9. The van der Waals surface area contributed by atoms with Gasteiger partial charge in [0.1, 0.15) is 16.9 Å². The van der Waals surface area contributed by atoms with Crippen molar-refractivity contribution in [3.63, 3.8) is 0 Å². The Balaban J connectivity index is 2.31. The van der Waals surface area contributed by atoms with Gasteiger partial charge < -0.3 is 14.0 Å². The van der Waals surface area contributed by atoms with E-state index < -0.39 is 29.2 Å². The number of carbonyl (C=O) groups is 3. The first kappa shape index (κ1) is 17.2. The van der Waals surface area contributed by atoms with Crippen LogP contribution in [0.3, 0.4) is 0 Å². The van der Waals surface area contributed by atoms with E-state index in [4.69, 9.17) is 9.47 Å². The Morgan fingerprint density at radius 2 is 1.92 bits per heavy atom. The topological polar surface area (TPSA) is 74.6 Å². The number of hydrogen-bond acceptors (Lipinski definition) is 5. The summed E-state index contributed by atoms with van der Waals surface area (Å²) in [5, 5.41) is 0.607. The van der Waals surface area contributed by atoms with Gasteiger partial charge in [0.05, 0.1) is 11.1 Å². The minimum absolute atomic E-state index is 0.0892. The van der Waals surface area contributed by atoms with Crippen molar-refractivity contribution in [3.8, 4) is 0 Å². The van der Waals surface area contributed by atoms with E-state index in [2.05, 4.69) is 0 Å². The number of aromatic nitrogens is 1. The van der Waals surface area contributed by atoms with Crippen LogP contribution in [0.4, 0.5) is 0 Å². The quantitative estimate of drug-likeness (QED) is 0.618. The van der Waals surface area contributed by atoms with Crippen molar-refractivity contribution in [2.75, 3.05) is 0 Å². The molecule has 0 saturated carbocycles. The molecule has 0 N–H and O–H groups in total. The lowest BCUT2D eigenvalue weighted by Crippen LogP contribution is -2.49. The molecule has 0 spiro atoms. The van der Waals surface area contributed by atoms with Gasteiger partial charge in [-0.25, -0.2) is 9.59 Å². The number of aldehydes is 1. The highest BCUT2D eigenvalue weighted by Gasteiger charge is 2.49. The van der Waals surface area contributed by atoms with E-state index in [9.17, 15) is 14.4 Å². The number of hydrogen-bond donors (Lipinski definition) is 0. The van der Waals surface area contributed by atoms with Gasteiger partial charge in [-0.1, -0.05) is 18.2 Å². The molecule has 6 nitrogen and oxygen atoms in total. The Hall–Kier alpha value is -2.63. The number of rotatable bonds is 2. The van der Waals surface area contributed by atoms with Gasteiger partial charge in [-0.15, -0.1) is 0 Å². The van der Waals surface area contributed by atoms with Crippen molar-refractivity contribution in [1.82, 2.24) is 4.57 Å². The van der Waals surface area contributed by atoms with Gasteiger partial charge in [-0.05, 0) is 40.7 Å². The summed E-state index contributed by atoms with van der Waals surface area (Å²) in [6, 6.07) is 6.20. The first-order valence-corrected chi connectivity index (χ1v) is 8.11. The van der Waals surface area contributed by atoms with E-state index in [-0.39, 0.29) is 11.3 Å². The molecule has 1 aliphatic heterocycles. The summed E-state index contributed by atoms with van der Waals surface area (Å²) < 4.78 is 12.6. The fourth-order valence-electron chi connectivity index (χ4n) is 3.29. The predicted octanol–water partition coefficient (Wildman–Crippen LogP) is 3.29.